The molecule has 1 N–H and O–H groups in total. The highest BCUT2D eigenvalue weighted by Crippen LogP contribution is 2.22. The van der Waals surface area contributed by atoms with Crippen LogP contribution >= 0.6 is 0 Å². The third-order valence-electron chi connectivity index (χ3n) is 2.71. The van der Waals surface area contributed by atoms with E-state index in [4.69, 9.17) is 5.11 Å². The first-order valence-corrected chi connectivity index (χ1v) is 4.66. The van der Waals surface area contributed by atoms with Crippen LogP contribution in [0, 0.1) is 11.8 Å². The number of carbonyl (C=O) groups is 1. The van der Waals surface area contributed by atoms with Gasteiger partial charge < -0.3 is 10.0 Å². The number of carboxylic acid groups (broad SMARTS) is 1. The summed E-state index contributed by atoms with van der Waals surface area (Å²) in [5, 5.41) is 8.83. The minimum absolute atomic E-state index is 0.137. The van der Waals surface area contributed by atoms with Gasteiger partial charge in [0, 0.05) is 13.1 Å². The fourth-order valence-electron chi connectivity index (χ4n) is 1.92. The van der Waals surface area contributed by atoms with Gasteiger partial charge in [-0.05, 0) is 18.9 Å². The Balaban J connectivity index is 2.42. The molecule has 0 amide bonds. The van der Waals surface area contributed by atoms with Crippen molar-refractivity contribution in [3.63, 3.8) is 0 Å². The van der Waals surface area contributed by atoms with E-state index in [1.54, 1.807) is 0 Å². The van der Waals surface area contributed by atoms with Crippen molar-refractivity contribution >= 4 is 5.97 Å². The number of piperidine rings is 1. The molecule has 2 atom stereocenters. The average molecular weight is 189 g/mol. The number of hydrogen-bond acceptors (Lipinski definition) is 2. The minimum Gasteiger partial charge on any atom is -0.481 e. The summed E-state index contributed by atoms with van der Waals surface area (Å²) in [5.41, 5.74) is 0. The number of hydrogen-bond donors (Lipinski definition) is 1. The largest absolute Gasteiger partial charge is 0.481 e. The number of halogens is 1. The third kappa shape index (κ3) is 2.66. The second-order valence-corrected chi connectivity index (χ2v) is 3.70. The zero-order valence-corrected chi connectivity index (χ0v) is 7.87. The Labute approximate surface area is 77.5 Å². The molecule has 1 fully saturated rings. The van der Waals surface area contributed by atoms with Crippen molar-refractivity contribution in [1.29, 1.82) is 0 Å². The third-order valence-corrected chi connectivity index (χ3v) is 2.71. The molecular formula is C9H16FNO2. The zero-order valence-electron chi connectivity index (χ0n) is 7.87. The van der Waals surface area contributed by atoms with E-state index in [1.807, 2.05) is 11.8 Å². The van der Waals surface area contributed by atoms with Gasteiger partial charge >= 0.3 is 5.97 Å². The molecule has 1 aliphatic rings. The summed E-state index contributed by atoms with van der Waals surface area (Å²) in [6.45, 7) is 3.44. The zero-order chi connectivity index (χ0) is 9.84. The molecule has 3 nitrogen and oxygen atoms in total. The van der Waals surface area contributed by atoms with Gasteiger partial charge in [0.2, 0.25) is 0 Å². The van der Waals surface area contributed by atoms with Crippen molar-refractivity contribution in [2.45, 2.75) is 13.3 Å². The first-order chi connectivity index (χ1) is 6.15. The van der Waals surface area contributed by atoms with Crippen molar-refractivity contribution in [1.82, 2.24) is 4.90 Å². The second kappa shape index (κ2) is 4.56. The number of nitrogens with zero attached hydrogens (tertiary/aromatic N) is 1. The lowest BCUT2D eigenvalue weighted by molar-refractivity contribution is -0.145. The summed E-state index contributed by atoms with van der Waals surface area (Å²) in [6, 6.07) is 0. The average Bonchev–Trinajstić information content (AvgIpc) is 2.04. The van der Waals surface area contributed by atoms with Crippen LogP contribution < -0.4 is 0 Å². The molecule has 0 spiro atoms. The van der Waals surface area contributed by atoms with E-state index in [2.05, 4.69) is 0 Å². The Bertz CT molecular complexity index is 186. The van der Waals surface area contributed by atoms with Crippen molar-refractivity contribution in [3.8, 4) is 0 Å². The van der Waals surface area contributed by atoms with Gasteiger partial charge in [-0.2, -0.15) is 0 Å². The van der Waals surface area contributed by atoms with Crippen LogP contribution in [0.15, 0.2) is 0 Å². The predicted molar refractivity (Wildman–Crippen MR) is 47.3 cm³/mol. The number of carboxylic acids is 1. The second-order valence-electron chi connectivity index (χ2n) is 3.70. The van der Waals surface area contributed by atoms with Crippen LogP contribution in [0.3, 0.4) is 0 Å². The number of alkyl halides is 1. The molecule has 1 saturated heterocycles. The van der Waals surface area contributed by atoms with Crippen molar-refractivity contribution < 1.29 is 14.3 Å². The van der Waals surface area contributed by atoms with Crippen LogP contribution in [-0.2, 0) is 4.79 Å². The van der Waals surface area contributed by atoms with Crippen LogP contribution in [0.4, 0.5) is 4.39 Å². The molecule has 13 heavy (non-hydrogen) atoms. The van der Waals surface area contributed by atoms with Crippen LogP contribution in [-0.4, -0.2) is 42.3 Å². The molecule has 2 unspecified atom stereocenters. The van der Waals surface area contributed by atoms with E-state index >= 15 is 0 Å². The Kier molecular flexibility index (Phi) is 3.66. The Morgan fingerprint density at radius 2 is 2.38 bits per heavy atom. The van der Waals surface area contributed by atoms with Gasteiger partial charge in [-0.15, -0.1) is 0 Å². The number of likely N-dealkylation sites (tertiary alicyclic amines) is 1. The highest BCUT2D eigenvalue weighted by atomic mass is 19.1. The lowest BCUT2D eigenvalue weighted by Gasteiger charge is -2.34. The lowest BCUT2D eigenvalue weighted by Crippen LogP contribution is -2.42. The SMILES string of the molecule is CC1CN(CCF)CCC1C(=O)O. The smallest absolute Gasteiger partial charge is 0.306 e. The van der Waals surface area contributed by atoms with Crippen molar-refractivity contribution in [2.75, 3.05) is 26.3 Å². The number of rotatable bonds is 3. The number of aliphatic carboxylic acids is 1. The van der Waals surface area contributed by atoms with E-state index in [0.717, 1.165) is 0 Å². The summed E-state index contributed by atoms with van der Waals surface area (Å²) < 4.78 is 12.0. The van der Waals surface area contributed by atoms with Gasteiger partial charge in [0.05, 0.1) is 5.92 Å². The van der Waals surface area contributed by atoms with E-state index in [9.17, 15) is 9.18 Å². The molecule has 0 saturated carbocycles. The molecule has 0 aliphatic carbocycles. The molecule has 0 aromatic rings. The summed E-state index contributed by atoms with van der Waals surface area (Å²) in [5.74, 6) is -0.818. The molecule has 4 heteroatoms. The lowest BCUT2D eigenvalue weighted by atomic mass is 9.87. The van der Waals surface area contributed by atoms with E-state index in [1.165, 1.54) is 0 Å². The maximum Gasteiger partial charge on any atom is 0.306 e. The minimum atomic E-state index is -0.715. The monoisotopic (exact) mass is 189 g/mol. The van der Waals surface area contributed by atoms with Crippen molar-refractivity contribution in [2.24, 2.45) is 11.8 Å². The first kappa shape index (κ1) is 10.4. The van der Waals surface area contributed by atoms with E-state index < -0.39 is 5.97 Å². The fraction of sp³-hybridized carbons (Fsp3) is 0.889. The normalized spacial score (nSPS) is 30.3. The molecule has 0 aromatic heterocycles. The molecule has 76 valence electrons. The van der Waals surface area contributed by atoms with Gasteiger partial charge in [0.15, 0.2) is 0 Å². The first-order valence-electron chi connectivity index (χ1n) is 4.66. The maximum absolute atomic E-state index is 12.0. The van der Waals surface area contributed by atoms with Gasteiger partial charge in [0.1, 0.15) is 6.67 Å². The molecule has 0 radical (unpaired) electrons. The highest BCUT2D eigenvalue weighted by molar-refractivity contribution is 5.70. The molecule has 0 aromatic carbocycles. The van der Waals surface area contributed by atoms with Crippen LogP contribution in [0.25, 0.3) is 0 Å². The molecule has 1 rings (SSSR count). The Morgan fingerprint density at radius 3 is 2.85 bits per heavy atom. The fourth-order valence-corrected chi connectivity index (χ4v) is 1.92. The Hall–Kier alpha value is -0.640. The summed E-state index contributed by atoms with van der Waals surface area (Å²) in [6.07, 6.45) is 0.649. The van der Waals surface area contributed by atoms with Crippen LogP contribution in [0.5, 0.6) is 0 Å². The predicted octanol–water partition coefficient (Wildman–Crippen LogP) is 0.999. The quantitative estimate of drug-likeness (QED) is 0.720. The molecule has 1 aliphatic heterocycles. The van der Waals surface area contributed by atoms with E-state index in [-0.39, 0.29) is 18.5 Å². The maximum atomic E-state index is 12.0. The van der Waals surface area contributed by atoms with Crippen LogP contribution in [0.1, 0.15) is 13.3 Å². The summed E-state index contributed by atoms with van der Waals surface area (Å²) in [7, 11) is 0. The van der Waals surface area contributed by atoms with Gasteiger partial charge in [-0.25, -0.2) is 4.39 Å². The summed E-state index contributed by atoms with van der Waals surface area (Å²) in [4.78, 5) is 12.7. The molecular weight excluding hydrogens is 173 g/mol. The van der Waals surface area contributed by atoms with Crippen molar-refractivity contribution in [3.05, 3.63) is 0 Å². The van der Waals surface area contributed by atoms with Gasteiger partial charge in [-0.1, -0.05) is 6.92 Å². The molecule has 1 heterocycles. The topological polar surface area (TPSA) is 40.5 Å². The standard InChI is InChI=1S/C9H16FNO2/c1-7-6-11(5-3-10)4-2-8(7)9(12)13/h7-8H,2-6H2,1H3,(H,12,13). The summed E-state index contributed by atoms with van der Waals surface area (Å²) >= 11 is 0. The van der Waals surface area contributed by atoms with Gasteiger partial charge in [-0.3, -0.25) is 4.79 Å². The van der Waals surface area contributed by atoms with E-state index in [0.29, 0.717) is 26.1 Å². The Morgan fingerprint density at radius 1 is 1.69 bits per heavy atom. The van der Waals surface area contributed by atoms with Crippen LogP contribution in [0.2, 0.25) is 0 Å². The van der Waals surface area contributed by atoms with Gasteiger partial charge in [0.25, 0.3) is 0 Å². The molecule has 0 bridgehead atoms. The highest BCUT2D eigenvalue weighted by Gasteiger charge is 2.30.